The molecule has 1 nitrogen and oxygen atoms in total. The monoisotopic (exact) mass is 236 g/mol. The first-order chi connectivity index (χ1) is 8.76. The number of carbonyl (C=O) groups excluding carboxylic acids is 1. The first-order valence-corrected chi connectivity index (χ1v) is 6.11. The van der Waals surface area contributed by atoms with E-state index in [2.05, 4.69) is 13.5 Å². The van der Waals surface area contributed by atoms with E-state index in [1.165, 1.54) is 0 Å². The first-order valence-electron chi connectivity index (χ1n) is 6.11. The molecule has 0 bridgehead atoms. The molecule has 2 aromatic carbocycles. The van der Waals surface area contributed by atoms with Gasteiger partial charge in [-0.3, -0.25) is 4.79 Å². The molecule has 0 amide bonds. The molecular weight excluding hydrogens is 220 g/mol. The summed E-state index contributed by atoms with van der Waals surface area (Å²) >= 11 is 0. The summed E-state index contributed by atoms with van der Waals surface area (Å²) in [7, 11) is 0. The second kappa shape index (κ2) is 5.46. The van der Waals surface area contributed by atoms with E-state index in [-0.39, 0.29) is 5.78 Å². The standard InChI is InChI=1S/C17H16O/c1-3-13-10-11-16(12-14(13)4-2)17(18)15-8-6-5-7-9-15/h3,5-12H,1,4H2,2H3. The Kier molecular flexibility index (Phi) is 3.73. The zero-order valence-corrected chi connectivity index (χ0v) is 10.5. The summed E-state index contributed by atoms with van der Waals surface area (Å²) in [5.41, 5.74) is 3.73. The number of benzene rings is 2. The van der Waals surface area contributed by atoms with Crippen molar-refractivity contribution >= 4 is 11.9 Å². The fourth-order valence-corrected chi connectivity index (χ4v) is 2.01. The van der Waals surface area contributed by atoms with Gasteiger partial charge in [-0.1, -0.05) is 62.0 Å². The largest absolute Gasteiger partial charge is 0.289 e. The van der Waals surface area contributed by atoms with Gasteiger partial charge in [0.2, 0.25) is 0 Å². The van der Waals surface area contributed by atoms with Crippen LogP contribution in [0.4, 0.5) is 0 Å². The van der Waals surface area contributed by atoms with Crippen LogP contribution in [0.5, 0.6) is 0 Å². The Bertz CT molecular complexity index is 567. The summed E-state index contributed by atoms with van der Waals surface area (Å²) in [6.45, 7) is 5.87. The molecule has 0 N–H and O–H groups in total. The van der Waals surface area contributed by atoms with Crippen molar-refractivity contribution in [3.63, 3.8) is 0 Å². The van der Waals surface area contributed by atoms with Gasteiger partial charge in [-0.05, 0) is 23.6 Å². The Morgan fingerprint density at radius 3 is 2.44 bits per heavy atom. The predicted octanol–water partition coefficient (Wildman–Crippen LogP) is 4.12. The molecule has 0 radical (unpaired) electrons. The van der Waals surface area contributed by atoms with E-state index in [0.717, 1.165) is 28.7 Å². The second-order valence-corrected chi connectivity index (χ2v) is 4.17. The molecule has 2 aromatic rings. The van der Waals surface area contributed by atoms with Crippen molar-refractivity contribution in [2.24, 2.45) is 0 Å². The Balaban J connectivity index is 2.40. The van der Waals surface area contributed by atoms with Gasteiger partial charge in [0.1, 0.15) is 0 Å². The van der Waals surface area contributed by atoms with Gasteiger partial charge in [0.15, 0.2) is 5.78 Å². The van der Waals surface area contributed by atoms with Crippen molar-refractivity contribution < 1.29 is 4.79 Å². The molecule has 2 rings (SSSR count). The average Bonchev–Trinajstić information content (AvgIpc) is 2.46. The van der Waals surface area contributed by atoms with E-state index in [1.807, 2.05) is 54.6 Å². The SMILES string of the molecule is C=Cc1ccc(C(=O)c2ccccc2)cc1CC. The fourth-order valence-electron chi connectivity index (χ4n) is 2.01. The van der Waals surface area contributed by atoms with E-state index in [0.29, 0.717) is 0 Å². The van der Waals surface area contributed by atoms with Crippen LogP contribution in [0.1, 0.15) is 34.0 Å². The molecule has 1 heteroatoms. The Morgan fingerprint density at radius 2 is 1.83 bits per heavy atom. The van der Waals surface area contributed by atoms with Crippen LogP contribution in [0.2, 0.25) is 0 Å². The highest BCUT2D eigenvalue weighted by atomic mass is 16.1. The zero-order valence-electron chi connectivity index (χ0n) is 10.5. The molecule has 0 aromatic heterocycles. The van der Waals surface area contributed by atoms with E-state index in [1.54, 1.807) is 0 Å². The molecule has 0 saturated heterocycles. The van der Waals surface area contributed by atoms with E-state index >= 15 is 0 Å². The Hall–Kier alpha value is -2.15. The van der Waals surface area contributed by atoms with Crippen LogP contribution in [0.15, 0.2) is 55.1 Å². The molecule has 90 valence electrons. The fraction of sp³-hybridized carbons (Fsp3) is 0.118. The summed E-state index contributed by atoms with van der Waals surface area (Å²) in [6.07, 6.45) is 2.73. The normalized spacial score (nSPS) is 10.1. The number of ketones is 1. The summed E-state index contributed by atoms with van der Waals surface area (Å²) < 4.78 is 0. The van der Waals surface area contributed by atoms with Gasteiger partial charge < -0.3 is 0 Å². The number of rotatable bonds is 4. The summed E-state index contributed by atoms with van der Waals surface area (Å²) in [5, 5.41) is 0. The van der Waals surface area contributed by atoms with Crippen molar-refractivity contribution in [2.45, 2.75) is 13.3 Å². The molecule has 0 unspecified atom stereocenters. The van der Waals surface area contributed by atoms with Crippen LogP contribution in [0.3, 0.4) is 0 Å². The summed E-state index contributed by atoms with van der Waals surface area (Å²) in [5.74, 6) is 0.0703. The van der Waals surface area contributed by atoms with Crippen LogP contribution in [0, 0.1) is 0 Å². The first kappa shape index (κ1) is 12.3. The van der Waals surface area contributed by atoms with Crippen LogP contribution < -0.4 is 0 Å². The molecule has 0 heterocycles. The van der Waals surface area contributed by atoms with Crippen molar-refractivity contribution in [2.75, 3.05) is 0 Å². The zero-order chi connectivity index (χ0) is 13.0. The molecule has 0 spiro atoms. The van der Waals surface area contributed by atoms with Gasteiger partial charge in [-0.15, -0.1) is 0 Å². The molecular formula is C17H16O. The van der Waals surface area contributed by atoms with Crippen molar-refractivity contribution in [1.29, 1.82) is 0 Å². The maximum atomic E-state index is 12.3. The van der Waals surface area contributed by atoms with Crippen molar-refractivity contribution in [1.82, 2.24) is 0 Å². The maximum Gasteiger partial charge on any atom is 0.193 e. The molecule has 0 fully saturated rings. The lowest BCUT2D eigenvalue weighted by Gasteiger charge is -2.07. The van der Waals surface area contributed by atoms with E-state index in [9.17, 15) is 4.79 Å². The third-order valence-electron chi connectivity index (χ3n) is 3.04. The Morgan fingerprint density at radius 1 is 1.11 bits per heavy atom. The third kappa shape index (κ3) is 2.40. The number of hydrogen-bond acceptors (Lipinski definition) is 1. The predicted molar refractivity (Wildman–Crippen MR) is 75.8 cm³/mol. The number of carbonyl (C=O) groups is 1. The van der Waals surface area contributed by atoms with Gasteiger partial charge in [-0.25, -0.2) is 0 Å². The van der Waals surface area contributed by atoms with Gasteiger partial charge in [0, 0.05) is 11.1 Å². The summed E-state index contributed by atoms with van der Waals surface area (Å²) in [6, 6.07) is 15.2. The number of hydrogen-bond donors (Lipinski definition) is 0. The van der Waals surface area contributed by atoms with E-state index < -0.39 is 0 Å². The molecule has 0 atom stereocenters. The molecule has 0 aliphatic carbocycles. The quantitative estimate of drug-likeness (QED) is 0.730. The topological polar surface area (TPSA) is 17.1 Å². The average molecular weight is 236 g/mol. The highest BCUT2D eigenvalue weighted by Gasteiger charge is 2.09. The van der Waals surface area contributed by atoms with Crippen LogP contribution in [0.25, 0.3) is 6.08 Å². The lowest BCUT2D eigenvalue weighted by atomic mass is 9.97. The smallest absolute Gasteiger partial charge is 0.193 e. The minimum absolute atomic E-state index is 0.0703. The number of aryl methyl sites for hydroxylation is 1. The maximum absolute atomic E-state index is 12.3. The van der Waals surface area contributed by atoms with E-state index in [4.69, 9.17) is 0 Å². The van der Waals surface area contributed by atoms with Gasteiger partial charge in [0.25, 0.3) is 0 Å². The molecule has 0 saturated carbocycles. The Labute approximate surface area is 108 Å². The van der Waals surface area contributed by atoms with Crippen LogP contribution in [-0.4, -0.2) is 5.78 Å². The van der Waals surface area contributed by atoms with Gasteiger partial charge in [-0.2, -0.15) is 0 Å². The highest BCUT2D eigenvalue weighted by Crippen LogP contribution is 2.17. The lowest BCUT2D eigenvalue weighted by Crippen LogP contribution is -2.02. The third-order valence-corrected chi connectivity index (χ3v) is 3.04. The van der Waals surface area contributed by atoms with Gasteiger partial charge >= 0.3 is 0 Å². The summed E-state index contributed by atoms with van der Waals surface area (Å²) in [4.78, 5) is 12.3. The molecule has 0 aliphatic heterocycles. The van der Waals surface area contributed by atoms with Crippen molar-refractivity contribution in [3.8, 4) is 0 Å². The second-order valence-electron chi connectivity index (χ2n) is 4.17. The highest BCUT2D eigenvalue weighted by molar-refractivity contribution is 6.09. The van der Waals surface area contributed by atoms with Crippen LogP contribution >= 0.6 is 0 Å². The van der Waals surface area contributed by atoms with Gasteiger partial charge in [0.05, 0.1) is 0 Å². The lowest BCUT2D eigenvalue weighted by molar-refractivity contribution is 0.103. The minimum atomic E-state index is 0.0703. The molecule has 0 aliphatic rings. The minimum Gasteiger partial charge on any atom is -0.289 e. The molecule has 18 heavy (non-hydrogen) atoms. The van der Waals surface area contributed by atoms with Crippen LogP contribution in [-0.2, 0) is 6.42 Å². The van der Waals surface area contributed by atoms with Crippen molar-refractivity contribution in [3.05, 3.63) is 77.4 Å².